The Morgan fingerprint density at radius 1 is 1.71 bits per heavy atom. The molecular weight excluding hydrogens is 228 g/mol. The summed E-state index contributed by atoms with van der Waals surface area (Å²) in [6.45, 7) is -0.602. The molecule has 0 amide bonds. The van der Waals surface area contributed by atoms with Crippen LogP contribution < -0.4 is 11.2 Å². The Morgan fingerprint density at radius 2 is 2.47 bits per heavy atom. The Kier molecular flexibility index (Phi) is 2.79. The summed E-state index contributed by atoms with van der Waals surface area (Å²) in [5, 5.41) is 18.5. The largest absolute Gasteiger partial charge is 0.394 e. The molecule has 7 nitrogen and oxygen atoms in total. The van der Waals surface area contributed by atoms with Crippen molar-refractivity contribution in [2.45, 2.75) is 31.8 Å². The normalized spacial score (nSPS) is 29.3. The van der Waals surface area contributed by atoms with E-state index in [0.717, 1.165) is 4.57 Å². The van der Waals surface area contributed by atoms with E-state index in [9.17, 15) is 14.7 Å². The van der Waals surface area contributed by atoms with Gasteiger partial charge >= 0.3 is 5.69 Å². The molecule has 3 atom stereocenters. The van der Waals surface area contributed by atoms with Gasteiger partial charge in [-0.2, -0.15) is 0 Å². The second kappa shape index (κ2) is 4.44. The molecule has 1 aromatic rings. The van der Waals surface area contributed by atoms with Gasteiger partial charge in [-0.25, -0.2) is 4.79 Å². The van der Waals surface area contributed by atoms with Crippen LogP contribution in [0.2, 0.25) is 0 Å². The molecule has 7 heteroatoms. The van der Waals surface area contributed by atoms with Crippen LogP contribution in [0, 0.1) is 6.90 Å². The number of aromatic amines is 1. The molecule has 1 aromatic heterocycles. The number of nitrogens with one attached hydrogen (secondary N) is 1. The number of aliphatic hydroxyl groups is 2. The molecule has 3 N–H and O–H groups in total. The van der Waals surface area contributed by atoms with E-state index in [-0.39, 0.29) is 25.5 Å². The number of nitrogens with zero attached hydrogens (tertiary/aromatic N) is 1. The number of hydrogen-bond donors (Lipinski definition) is 3. The van der Waals surface area contributed by atoms with Crippen LogP contribution in [0.25, 0.3) is 0 Å². The highest BCUT2D eigenvalue weighted by molar-refractivity contribution is 5.02. The Labute approximate surface area is 97.7 Å². The third-order valence-electron chi connectivity index (χ3n) is 2.74. The van der Waals surface area contributed by atoms with Crippen LogP contribution in [-0.4, -0.2) is 38.6 Å². The van der Waals surface area contributed by atoms with Gasteiger partial charge < -0.3 is 14.9 Å². The highest BCUT2D eigenvalue weighted by Gasteiger charge is 2.34. The van der Waals surface area contributed by atoms with Gasteiger partial charge in [0.25, 0.3) is 5.56 Å². The summed E-state index contributed by atoms with van der Waals surface area (Å²) in [5.41, 5.74) is -1.11. The van der Waals surface area contributed by atoms with Crippen LogP contribution >= 0.6 is 0 Å². The lowest BCUT2D eigenvalue weighted by Crippen LogP contribution is -2.33. The number of aliphatic hydroxyl groups excluding tert-OH is 2. The lowest BCUT2D eigenvalue weighted by Gasteiger charge is -2.14. The number of aromatic nitrogens is 2. The third-order valence-corrected chi connectivity index (χ3v) is 2.74. The fourth-order valence-corrected chi connectivity index (χ4v) is 1.79. The Bertz CT molecular complexity index is 540. The summed E-state index contributed by atoms with van der Waals surface area (Å²) in [6.07, 6.45) is -0.946. The Balaban J connectivity index is 2.35. The molecule has 2 heterocycles. The van der Waals surface area contributed by atoms with Crippen molar-refractivity contribution in [3.05, 3.63) is 32.6 Å². The van der Waals surface area contributed by atoms with E-state index < -0.39 is 29.7 Å². The number of ether oxygens (including phenoxy) is 1. The minimum Gasteiger partial charge on any atom is -0.394 e. The SMILES string of the molecule is [3H]Cc1cn([C@H]2C[C@H](O)[C@@H](CO)O2)c(=O)[nH]c1=O. The van der Waals surface area contributed by atoms with Crippen molar-refractivity contribution in [3.8, 4) is 0 Å². The van der Waals surface area contributed by atoms with Crippen molar-refractivity contribution in [3.63, 3.8) is 0 Å². The molecule has 0 bridgehead atoms. The van der Waals surface area contributed by atoms with Gasteiger partial charge in [0.2, 0.25) is 0 Å². The van der Waals surface area contributed by atoms with Gasteiger partial charge in [-0.3, -0.25) is 14.3 Å². The highest BCUT2D eigenvalue weighted by Crippen LogP contribution is 2.27. The van der Waals surface area contributed by atoms with Gasteiger partial charge in [-0.05, 0) is 6.90 Å². The minimum atomic E-state index is -0.863. The maximum absolute atomic E-state index is 11.6. The number of hydrogen-bond acceptors (Lipinski definition) is 5. The van der Waals surface area contributed by atoms with Crippen molar-refractivity contribution < 1.29 is 16.3 Å². The molecule has 0 unspecified atom stereocenters. The zero-order valence-electron chi connectivity index (χ0n) is 10.00. The third kappa shape index (κ3) is 2.17. The van der Waals surface area contributed by atoms with Crippen molar-refractivity contribution in [1.82, 2.24) is 9.55 Å². The topological polar surface area (TPSA) is 105 Å². The molecule has 0 radical (unpaired) electrons. The Hall–Kier alpha value is -1.44. The van der Waals surface area contributed by atoms with E-state index in [4.69, 9.17) is 11.2 Å². The summed E-state index contributed by atoms with van der Waals surface area (Å²) < 4.78 is 13.6. The van der Waals surface area contributed by atoms with Crippen LogP contribution in [0.4, 0.5) is 0 Å². The number of H-pyrrole nitrogens is 1. The summed E-state index contributed by atoms with van der Waals surface area (Å²) in [4.78, 5) is 25.0. The van der Waals surface area contributed by atoms with Crippen LogP contribution in [-0.2, 0) is 4.74 Å². The van der Waals surface area contributed by atoms with Gasteiger partial charge in [0.1, 0.15) is 12.3 Å². The van der Waals surface area contributed by atoms with Crippen LogP contribution in [0.1, 0.15) is 19.6 Å². The van der Waals surface area contributed by atoms with Gasteiger partial charge in [-0.15, -0.1) is 0 Å². The molecule has 0 aliphatic carbocycles. The molecule has 1 fully saturated rings. The quantitative estimate of drug-likeness (QED) is 0.586. The first kappa shape index (κ1) is 10.7. The average molecular weight is 244 g/mol. The average Bonchev–Trinajstić information content (AvgIpc) is 2.70. The molecule has 0 aromatic carbocycles. The maximum Gasteiger partial charge on any atom is 0.330 e. The molecule has 17 heavy (non-hydrogen) atoms. The lowest BCUT2D eigenvalue weighted by molar-refractivity contribution is -0.0459. The van der Waals surface area contributed by atoms with E-state index in [2.05, 4.69) is 4.98 Å². The van der Waals surface area contributed by atoms with Gasteiger partial charge in [-0.1, -0.05) is 0 Å². The maximum atomic E-state index is 11.6. The molecular formula is C10H14N2O5. The highest BCUT2D eigenvalue weighted by atomic mass is 16.5. The molecule has 1 saturated heterocycles. The van der Waals surface area contributed by atoms with E-state index in [0.29, 0.717) is 0 Å². The van der Waals surface area contributed by atoms with Crippen LogP contribution in [0.5, 0.6) is 0 Å². The zero-order valence-corrected chi connectivity index (χ0v) is 9.00. The smallest absolute Gasteiger partial charge is 0.330 e. The van der Waals surface area contributed by atoms with E-state index in [1.54, 1.807) is 0 Å². The van der Waals surface area contributed by atoms with Gasteiger partial charge in [0.15, 0.2) is 0 Å². The van der Waals surface area contributed by atoms with Crippen LogP contribution in [0.3, 0.4) is 0 Å². The number of aryl methyl sites for hydroxylation is 1. The second-order valence-corrected chi connectivity index (χ2v) is 3.94. The second-order valence-electron chi connectivity index (χ2n) is 3.94. The minimum absolute atomic E-state index is 0.139. The lowest BCUT2D eigenvalue weighted by atomic mass is 10.2. The predicted octanol–water partition coefficient (Wildman–Crippen LogP) is -1.51. The van der Waals surface area contributed by atoms with Crippen molar-refractivity contribution in [2.75, 3.05) is 6.61 Å². The van der Waals surface area contributed by atoms with Crippen molar-refractivity contribution >= 4 is 0 Å². The molecule has 0 spiro atoms. The van der Waals surface area contributed by atoms with Crippen molar-refractivity contribution in [2.24, 2.45) is 0 Å². The fraction of sp³-hybridized carbons (Fsp3) is 0.600. The monoisotopic (exact) mass is 244 g/mol. The predicted molar refractivity (Wildman–Crippen MR) is 57.7 cm³/mol. The molecule has 1 aliphatic heterocycles. The first-order valence-electron chi connectivity index (χ1n) is 5.85. The van der Waals surface area contributed by atoms with E-state index in [1.807, 2.05) is 0 Å². The van der Waals surface area contributed by atoms with Crippen LogP contribution in [0.15, 0.2) is 15.8 Å². The molecule has 0 saturated carbocycles. The Morgan fingerprint density at radius 3 is 3.06 bits per heavy atom. The van der Waals surface area contributed by atoms with Gasteiger partial charge in [0.05, 0.1) is 12.7 Å². The van der Waals surface area contributed by atoms with E-state index >= 15 is 0 Å². The first-order chi connectivity index (χ1) is 8.56. The van der Waals surface area contributed by atoms with Gasteiger partial charge in [0, 0.05) is 19.6 Å². The zero-order chi connectivity index (χ0) is 13.3. The first-order valence-corrected chi connectivity index (χ1v) is 5.14. The van der Waals surface area contributed by atoms with Crippen molar-refractivity contribution in [1.29, 1.82) is 0 Å². The fourth-order valence-electron chi connectivity index (χ4n) is 1.79. The number of rotatable bonds is 2. The summed E-state index contributed by atoms with van der Waals surface area (Å²) in [5.74, 6) is 0. The summed E-state index contributed by atoms with van der Waals surface area (Å²) in [7, 11) is 0. The van der Waals surface area contributed by atoms with E-state index in [1.165, 1.54) is 6.20 Å². The summed E-state index contributed by atoms with van der Waals surface area (Å²) >= 11 is 0. The molecule has 1 aliphatic rings. The molecule has 2 rings (SSSR count). The standard InChI is InChI=1S/C10H14N2O5/c1-5-3-12(10(16)11-9(5)15)8-2-6(14)7(4-13)17-8/h3,6-8,13-14H,2,4H2,1H3,(H,11,15,16)/t6-,7+,8+/m0/s1/i1T. The molecule has 94 valence electrons. The summed E-state index contributed by atoms with van der Waals surface area (Å²) in [6, 6.07) is 0.